The topological polar surface area (TPSA) is 49.9 Å². The molecule has 4 atom stereocenters. The number of piperidine rings is 1. The van der Waals surface area contributed by atoms with Gasteiger partial charge in [-0.15, -0.1) is 0 Å². The van der Waals surface area contributed by atoms with Gasteiger partial charge in [-0.3, -0.25) is 4.79 Å². The first kappa shape index (κ1) is 14.5. The highest BCUT2D eigenvalue weighted by Gasteiger charge is 2.51. The van der Waals surface area contributed by atoms with Gasteiger partial charge < -0.3 is 14.5 Å². The van der Waals surface area contributed by atoms with Crippen LogP contribution in [-0.4, -0.2) is 46.5 Å². The van der Waals surface area contributed by atoms with Crippen molar-refractivity contribution in [2.75, 3.05) is 6.54 Å². The Morgan fingerprint density at radius 3 is 2.78 bits per heavy atom. The van der Waals surface area contributed by atoms with Crippen LogP contribution in [0.25, 0.3) is 0 Å². The molecule has 0 radical (unpaired) electrons. The zero-order chi connectivity index (χ0) is 16.0. The van der Waals surface area contributed by atoms with E-state index in [1.807, 2.05) is 40.1 Å². The fourth-order valence-corrected chi connectivity index (χ4v) is 4.52. The summed E-state index contributed by atoms with van der Waals surface area (Å²) in [5, 5.41) is 0. The lowest BCUT2D eigenvalue weighted by atomic mass is 9.73. The van der Waals surface area contributed by atoms with E-state index in [1.54, 1.807) is 6.92 Å². The molecule has 1 aliphatic carbocycles. The maximum absolute atomic E-state index is 12.5. The molecule has 122 valence electrons. The minimum absolute atomic E-state index is 0.0923. The summed E-state index contributed by atoms with van der Waals surface area (Å²) in [7, 11) is 0. The smallest absolute Gasteiger partial charge is 0.410 e. The monoisotopic (exact) mass is 314 g/mol. The van der Waals surface area contributed by atoms with Crippen LogP contribution in [-0.2, 0) is 16.1 Å². The summed E-state index contributed by atoms with van der Waals surface area (Å²) in [6.07, 6.45) is 2.51. The summed E-state index contributed by atoms with van der Waals surface area (Å²) in [4.78, 5) is 28.1. The second-order valence-electron chi connectivity index (χ2n) is 6.91. The van der Waals surface area contributed by atoms with Gasteiger partial charge in [0.05, 0.1) is 6.54 Å². The second-order valence-corrected chi connectivity index (χ2v) is 6.91. The molecule has 0 unspecified atom stereocenters. The number of likely N-dealkylation sites (tertiary alicyclic amines) is 1. The van der Waals surface area contributed by atoms with E-state index in [1.165, 1.54) is 0 Å². The van der Waals surface area contributed by atoms with Crippen LogP contribution >= 0.6 is 0 Å². The zero-order valence-electron chi connectivity index (χ0n) is 13.4. The van der Waals surface area contributed by atoms with Crippen LogP contribution in [0.15, 0.2) is 30.3 Å². The van der Waals surface area contributed by atoms with Crippen LogP contribution in [0.2, 0.25) is 0 Å². The summed E-state index contributed by atoms with van der Waals surface area (Å²) < 4.78 is 5.70. The zero-order valence-corrected chi connectivity index (χ0v) is 13.4. The molecule has 5 nitrogen and oxygen atoms in total. The Labute approximate surface area is 136 Å². The Bertz CT molecular complexity index is 618. The van der Waals surface area contributed by atoms with Gasteiger partial charge in [0, 0.05) is 31.5 Å². The van der Waals surface area contributed by atoms with Gasteiger partial charge in [-0.2, -0.15) is 0 Å². The summed E-state index contributed by atoms with van der Waals surface area (Å²) in [6, 6.07) is 10.6. The lowest BCUT2D eigenvalue weighted by Gasteiger charge is -2.55. The molecule has 5 heteroatoms. The van der Waals surface area contributed by atoms with Crippen LogP contribution in [0.4, 0.5) is 4.79 Å². The molecule has 1 aromatic rings. The lowest BCUT2D eigenvalue weighted by molar-refractivity contribution is -0.150. The Balaban J connectivity index is 1.56. The van der Waals surface area contributed by atoms with Crippen LogP contribution < -0.4 is 0 Å². The van der Waals surface area contributed by atoms with Crippen molar-refractivity contribution in [2.45, 2.75) is 50.9 Å². The normalized spacial score (nSPS) is 32.5. The van der Waals surface area contributed by atoms with E-state index in [4.69, 9.17) is 4.74 Å². The van der Waals surface area contributed by atoms with Gasteiger partial charge in [-0.05, 0) is 24.8 Å². The number of rotatable bonds is 2. The van der Waals surface area contributed by atoms with Gasteiger partial charge in [-0.1, -0.05) is 30.3 Å². The van der Waals surface area contributed by atoms with E-state index < -0.39 is 0 Å². The maximum Gasteiger partial charge on any atom is 0.410 e. The largest absolute Gasteiger partial charge is 0.444 e. The molecule has 0 spiro atoms. The molecule has 3 fully saturated rings. The van der Waals surface area contributed by atoms with E-state index in [0.717, 1.165) is 24.8 Å². The molecule has 2 bridgehead atoms. The highest BCUT2D eigenvalue weighted by Crippen LogP contribution is 2.42. The average Bonchev–Trinajstić information content (AvgIpc) is 2.56. The van der Waals surface area contributed by atoms with Gasteiger partial charge >= 0.3 is 6.09 Å². The van der Waals surface area contributed by atoms with Crippen molar-refractivity contribution < 1.29 is 14.3 Å². The number of carbonyl (C=O) groups is 2. The second kappa shape index (κ2) is 5.55. The lowest BCUT2D eigenvalue weighted by Crippen LogP contribution is -2.65. The Morgan fingerprint density at radius 2 is 2.04 bits per heavy atom. The number of ether oxygens (including phenoxy) is 1. The molecular formula is C18H22N2O3. The minimum Gasteiger partial charge on any atom is -0.444 e. The summed E-state index contributed by atoms with van der Waals surface area (Å²) in [6.45, 7) is 2.78. The molecule has 4 rings (SSSR count). The first-order valence-corrected chi connectivity index (χ1v) is 8.42. The molecule has 2 aliphatic heterocycles. The Kier molecular flexibility index (Phi) is 3.51. The van der Waals surface area contributed by atoms with E-state index in [0.29, 0.717) is 25.0 Å². The van der Waals surface area contributed by atoms with Crippen molar-refractivity contribution in [3.8, 4) is 0 Å². The van der Waals surface area contributed by atoms with Crippen LogP contribution in [0.1, 0.15) is 31.7 Å². The molecule has 1 saturated carbocycles. The van der Waals surface area contributed by atoms with Gasteiger partial charge in [0.1, 0.15) is 6.10 Å². The molecular weight excluding hydrogens is 292 g/mol. The number of hydrogen-bond donors (Lipinski definition) is 0. The third kappa shape index (κ3) is 2.48. The summed E-state index contributed by atoms with van der Waals surface area (Å²) in [5.74, 6) is 0.445. The van der Waals surface area contributed by atoms with Crippen LogP contribution in [0.3, 0.4) is 0 Å². The number of amides is 2. The minimum atomic E-state index is -0.232. The Morgan fingerprint density at radius 1 is 1.26 bits per heavy atom. The first-order chi connectivity index (χ1) is 11.1. The predicted octanol–water partition coefficient (Wildman–Crippen LogP) is 2.41. The van der Waals surface area contributed by atoms with Crippen molar-refractivity contribution in [2.24, 2.45) is 5.92 Å². The van der Waals surface area contributed by atoms with Crippen molar-refractivity contribution in [1.82, 2.24) is 9.80 Å². The van der Waals surface area contributed by atoms with Crippen molar-refractivity contribution in [1.29, 1.82) is 0 Å². The van der Waals surface area contributed by atoms with Gasteiger partial charge in [0.25, 0.3) is 0 Å². The van der Waals surface area contributed by atoms with Crippen molar-refractivity contribution in [3.63, 3.8) is 0 Å². The van der Waals surface area contributed by atoms with Gasteiger partial charge in [0.15, 0.2) is 0 Å². The molecule has 2 amide bonds. The fourth-order valence-electron chi connectivity index (χ4n) is 4.52. The molecule has 0 N–H and O–H groups in total. The number of nitrogens with zero attached hydrogens (tertiary/aromatic N) is 2. The van der Waals surface area contributed by atoms with Crippen LogP contribution in [0, 0.1) is 5.92 Å². The average molecular weight is 314 g/mol. The summed E-state index contributed by atoms with van der Waals surface area (Å²) >= 11 is 0. The fraction of sp³-hybridized carbons (Fsp3) is 0.556. The third-order valence-electron chi connectivity index (χ3n) is 5.62. The van der Waals surface area contributed by atoms with Crippen LogP contribution in [0.5, 0.6) is 0 Å². The number of hydrogen-bond acceptors (Lipinski definition) is 3. The molecule has 3 aliphatic rings. The number of fused-ring (bicyclic) bond motifs is 1. The van der Waals surface area contributed by atoms with Gasteiger partial charge in [0.2, 0.25) is 5.91 Å². The van der Waals surface area contributed by atoms with Crippen molar-refractivity contribution >= 4 is 12.0 Å². The van der Waals surface area contributed by atoms with E-state index in [9.17, 15) is 9.59 Å². The van der Waals surface area contributed by atoms with Crippen molar-refractivity contribution in [3.05, 3.63) is 35.9 Å². The number of carbonyl (C=O) groups excluding carboxylic acids is 2. The third-order valence-corrected chi connectivity index (χ3v) is 5.62. The Hall–Kier alpha value is -2.04. The molecule has 23 heavy (non-hydrogen) atoms. The molecule has 0 aromatic heterocycles. The quantitative estimate of drug-likeness (QED) is 0.842. The standard InChI is InChI=1S/C18H22N2O3/c1-12(21)19-11-17-15-9-14(19)7-8-16(15)20(18(22)23-17)10-13-5-3-2-4-6-13/h2-6,14-17H,7-11H2,1H3/t14-,15-,16-,17+/m1/s1. The van der Waals surface area contributed by atoms with E-state index in [-0.39, 0.29) is 24.1 Å². The predicted molar refractivity (Wildman–Crippen MR) is 84.6 cm³/mol. The molecule has 2 heterocycles. The first-order valence-electron chi connectivity index (χ1n) is 8.42. The molecule has 2 saturated heterocycles. The molecule has 1 aromatic carbocycles. The van der Waals surface area contributed by atoms with E-state index in [2.05, 4.69) is 0 Å². The highest BCUT2D eigenvalue weighted by molar-refractivity contribution is 5.74. The summed E-state index contributed by atoms with van der Waals surface area (Å²) in [5.41, 5.74) is 1.13. The maximum atomic E-state index is 12.5. The van der Waals surface area contributed by atoms with E-state index >= 15 is 0 Å². The SMILES string of the molecule is CC(=O)N1C[C@@H]2OC(=O)N(Cc3ccccc3)[C@@H]3CC[C@@H]1C[C@@H]23. The highest BCUT2D eigenvalue weighted by atomic mass is 16.6. The number of benzene rings is 1. The van der Waals surface area contributed by atoms with Gasteiger partial charge in [-0.25, -0.2) is 4.79 Å².